The number of carbonyl (C=O) groups excluding carboxylic acids is 1. The van der Waals surface area contributed by atoms with Crippen molar-refractivity contribution >= 4 is 28.3 Å². The van der Waals surface area contributed by atoms with Gasteiger partial charge in [-0.3, -0.25) is 4.79 Å². The Balaban J connectivity index is 1.34. The Labute approximate surface area is 184 Å². The second kappa shape index (κ2) is 7.37. The highest BCUT2D eigenvalue weighted by molar-refractivity contribution is 6.02. The van der Waals surface area contributed by atoms with Gasteiger partial charge in [0.15, 0.2) is 5.82 Å². The molecule has 4 aromatic rings. The van der Waals surface area contributed by atoms with Gasteiger partial charge in [-0.1, -0.05) is 30.3 Å². The Morgan fingerprint density at radius 1 is 1.16 bits per heavy atom. The highest BCUT2D eigenvalue weighted by atomic mass is 19.1. The van der Waals surface area contributed by atoms with Gasteiger partial charge in [0.05, 0.1) is 11.4 Å². The maximum absolute atomic E-state index is 13.8. The topological polar surface area (TPSA) is 63.9 Å². The fourth-order valence-electron chi connectivity index (χ4n) is 4.67. The van der Waals surface area contributed by atoms with E-state index in [0.29, 0.717) is 18.8 Å². The molecule has 32 heavy (non-hydrogen) atoms. The lowest BCUT2D eigenvalue weighted by Gasteiger charge is -2.14. The normalized spacial score (nSPS) is 14.6. The van der Waals surface area contributed by atoms with Gasteiger partial charge in [-0.15, -0.1) is 0 Å². The van der Waals surface area contributed by atoms with Crippen molar-refractivity contribution in [3.8, 4) is 0 Å². The van der Waals surface area contributed by atoms with E-state index in [0.717, 1.165) is 58.9 Å². The lowest BCUT2D eigenvalue weighted by Crippen LogP contribution is -2.25. The first-order valence-electron chi connectivity index (χ1n) is 10.9. The van der Waals surface area contributed by atoms with Gasteiger partial charge >= 0.3 is 0 Å². The standard InChI is InChI=1S/C25H22FN5O/c26-18-7-3-5-16(13-18)15-31-21-9-2-1-6-17(21)14-22(31)25(32)29-20-10-12-30-23-19(28-24(20)30)8-4-11-27-23/h1-3,5-7,9-10,13-14,27H,4,8,11-12,15H2,(H,29,32). The van der Waals surface area contributed by atoms with E-state index >= 15 is 0 Å². The van der Waals surface area contributed by atoms with E-state index in [9.17, 15) is 9.18 Å². The molecular formula is C25H22FN5O. The maximum Gasteiger partial charge on any atom is 0.272 e. The van der Waals surface area contributed by atoms with Crippen molar-refractivity contribution in [1.29, 1.82) is 0 Å². The molecule has 0 unspecified atom stereocenters. The van der Waals surface area contributed by atoms with Crippen LogP contribution in [-0.2, 0) is 19.5 Å². The first-order chi connectivity index (χ1) is 15.7. The molecule has 0 radical (unpaired) electrons. The van der Waals surface area contributed by atoms with Gasteiger partial charge in [0, 0.05) is 30.5 Å². The largest absolute Gasteiger partial charge is 0.370 e. The molecular weight excluding hydrogens is 405 g/mol. The lowest BCUT2D eigenvalue weighted by atomic mass is 10.2. The third-order valence-electron chi connectivity index (χ3n) is 6.16. The van der Waals surface area contributed by atoms with Gasteiger partial charge in [-0.25, -0.2) is 9.37 Å². The quantitative estimate of drug-likeness (QED) is 0.514. The summed E-state index contributed by atoms with van der Waals surface area (Å²) >= 11 is 0. The summed E-state index contributed by atoms with van der Waals surface area (Å²) < 4.78 is 17.8. The Morgan fingerprint density at radius 3 is 2.97 bits per heavy atom. The first kappa shape index (κ1) is 18.9. The summed E-state index contributed by atoms with van der Waals surface area (Å²) in [7, 11) is 0. The molecule has 160 valence electrons. The predicted molar refractivity (Wildman–Crippen MR) is 122 cm³/mol. The molecule has 2 aromatic carbocycles. The molecule has 0 spiro atoms. The number of carbonyl (C=O) groups is 1. The molecule has 6 rings (SSSR count). The van der Waals surface area contributed by atoms with Crippen LogP contribution in [0, 0.1) is 5.82 Å². The number of anilines is 1. The third-order valence-corrected chi connectivity index (χ3v) is 6.16. The number of aryl methyl sites for hydroxylation is 1. The van der Waals surface area contributed by atoms with E-state index in [1.807, 2.05) is 47.0 Å². The average Bonchev–Trinajstić information content (AvgIpc) is 3.47. The van der Waals surface area contributed by atoms with Crippen LogP contribution in [0.15, 0.2) is 60.7 Å². The summed E-state index contributed by atoms with van der Waals surface area (Å²) in [4.78, 5) is 18.2. The number of amides is 1. The number of para-hydroxylation sites is 1. The predicted octanol–water partition coefficient (Wildman–Crippen LogP) is 4.17. The first-order valence-corrected chi connectivity index (χ1v) is 10.9. The number of imidazole rings is 1. The zero-order chi connectivity index (χ0) is 21.7. The minimum atomic E-state index is -0.287. The number of allylic oxidation sites excluding steroid dienone is 1. The second-order valence-electron chi connectivity index (χ2n) is 8.25. The number of benzene rings is 2. The fraction of sp³-hybridized carbons (Fsp3) is 0.200. The zero-order valence-electron chi connectivity index (χ0n) is 17.4. The number of hydrogen-bond donors (Lipinski definition) is 2. The second-order valence-corrected chi connectivity index (χ2v) is 8.25. The lowest BCUT2D eigenvalue weighted by molar-refractivity contribution is 0.0965. The minimum absolute atomic E-state index is 0.203. The molecule has 0 bridgehead atoms. The van der Waals surface area contributed by atoms with Crippen LogP contribution in [0.3, 0.4) is 0 Å². The Morgan fingerprint density at radius 2 is 2.06 bits per heavy atom. The molecule has 2 aliphatic rings. The van der Waals surface area contributed by atoms with E-state index in [2.05, 4.69) is 15.2 Å². The molecule has 0 aliphatic carbocycles. The molecule has 0 atom stereocenters. The van der Waals surface area contributed by atoms with E-state index in [1.54, 1.807) is 6.07 Å². The minimum Gasteiger partial charge on any atom is -0.370 e. The number of rotatable bonds is 4. The van der Waals surface area contributed by atoms with Gasteiger partial charge in [-0.2, -0.15) is 0 Å². The molecule has 2 aliphatic heterocycles. The van der Waals surface area contributed by atoms with Crippen molar-refractivity contribution in [2.24, 2.45) is 0 Å². The van der Waals surface area contributed by atoms with Crippen LogP contribution >= 0.6 is 0 Å². The van der Waals surface area contributed by atoms with Crippen LogP contribution in [0.5, 0.6) is 0 Å². The van der Waals surface area contributed by atoms with Gasteiger partial charge in [-0.05, 0) is 48.7 Å². The summed E-state index contributed by atoms with van der Waals surface area (Å²) in [6.45, 7) is 2.03. The molecule has 2 aromatic heterocycles. The Bertz CT molecular complexity index is 1400. The Kier molecular flexibility index (Phi) is 4.35. The van der Waals surface area contributed by atoms with Gasteiger partial charge < -0.3 is 19.8 Å². The van der Waals surface area contributed by atoms with Gasteiger partial charge in [0.25, 0.3) is 5.91 Å². The van der Waals surface area contributed by atoms with Gasteiger partial charge in [0.2, 0.25) is 0 Å². The average molecular weight is 427 g/mol. The van der Waals surface area contributed by atoms with E-state index in [1.165, 1.54) is 12.1 Å². The highest BCUT2D eigenvalue weighted by Gasteiger charge is 2.27. The molecule has 1 amide bonds. The van der Waals surface area contributed by atoms with Crippen molar-refractivity contribution in [2.45, 2.75) is 25.9 Å². The van der Waals surface area contributed by atoms with Crippen molar-refractivity contribution in [1.82, 2.24) is 19.4 Å². The van der Waals surface area contributed by atoms with Crippen LogP contribution in [0.2, 0.25) is 0 Å². The summed E-state index contributed by atoms with van der Waals surface area (Å²) in [6.07, 6.45) is 4.01. The monoisotopic (exact) mass is 427 g/mol. The summed E-state index contributed by atoms with van der Waals surface area (Å²) in [5.41, 5.74) is 4.06. The van der Waals surface area contributed by atoms with Crippen LogP contribution in [0.1, 0.15) is 34.0 Å². The summed E-state index contributed by atoms with van der Waals surface area (Å²) in [5, 5.41) is 7.47. The summed E-state index contributed by atoms with van der Waals surface area (Å²) in [6, 6.07) is 16.2. The van der Waals surface area contributed by atoms with Crippen molar-refractivity contribution in [3.63, 3.8) is 0 Å². The zero-order valence-corrected chi connectivity index (χ0v) is 17.4. The van der Waals surface area contributed by atoms with E-state index < -0.39 is 0 Å². The number of aromatic nitrogens is 3. The van der Waals surface area contributed by atoms with Crippen LogP contribution < -0.4 is 10.6 Å². The van der Waals surface area contributed by atoms with E-state index in [4.69, 9.17) is 4.98 Å². The molecule has 7 heteroatoms. The fourth-order valence-corrected chi connectivity index (χ4v) is 4.67. The van der Waals surface area contributed by atoms with E-state index in [-0.39, 0.29) is 11.7 Å². The van der Waals surface area contributed by atoms with Crippen molar-refractivity contribution in [3.05, 3.63) is 89.3 Å². The molecule has 0 saturated carbocycles. The van der Waals surface area contributed by atoms with Crippen molar-refractivity contribution in [2.75, 3.05) is 11.9 Å². The van der Waals surface area contributed by atoms with Gasteiger partial charge in [0.1, 0.15) is 17.3 Å². The molecule has 0 fully saturated rings. The van der Waals surface area contributed by atoms with Crippen LogP contribution in [0.4, 0.5) is 10.2 Å². The SMILES string of the molecule is O=C(NC1=CCn2c1nc1c2NCCC1)c1cc2ccccc2n1Cc1cccc(F)c1. The van der Waals surface area contributed by atoms with Crippen LogP contribution in [0.25, 0.3) is 16.6 Å². The maximum atomic E-state index is 13.8. The summed E-state index contributed by atoms with van der Waals surface area (Å²) in [5.74, 6) is 1.37. The van der Waals surface area contributed by atoms with Crippen LogP contribution in [-0.4, -0.2) is 26.6 Å². The highest BCUT2D eigenvalue weighted by Crippen LogP contribution is 2.30. The molecule has 4 heterocycles. The van der Waals surface area contributed by atoms with Crippen molar-refractivity contribution < 1.29 is 9.18 Å². The smallest absolute Gasteiger partial charge is 0.272 e. The number of fused-ring (bicyclic) bond motifs is 4. The number of nitrogens with zero attached hydrogens (tertiary/aromatic N) is 3. The molecule has 0 saturated heterocycles. The number of nitrogens with one attached hydrogen (secondary N) is 2. The Hall–Kier alpha value is -3.87. The number of halogens is 1. The molecule has 6 nitrogen and oxygen atoms in total. The molecule has 2 N–H and O–H groups in total. The number of hydrogen-bond acceptors (Lipinski definition) is 3. The third kappa shape index (κ3) is 3.09.